The molecule has 36 heavy (non-hydrogen) atoms. The molecule has 4 fully saturated rings. The van der Waals surface area contributed by atoms with Gasteiger partial charge >= 0.3 is 0 Å². The number of primary amides is 1. The van der Waals surface area contributed by atoms with Gasteiger partial charge in [0.2, 0.25) is 5.91 Å². The van der Waals surface area contributed by atoms with Gasteiger partial charge in [0.15, 0.2) is 9.84 Å². The molecule has 2 aromatic rings. The minimum absolute atomic E-state index is 0.00621. The number of aromatic nitrogens is 1. The summed E-state index contributed by atoms with van der Waals surface area (Å²) in [6.07, 6.45) is 6.00. The van der Waals surface area contributed by atoms with E-state index in [0.717, 1.165) is 25.0 Å². The normalized spacial score (nSPS) is 28.0. The van der Waals surface area contributed by atoms with Gasteiger partial charge < -0.3 is 10.6 Å². The highest BCUT2D eigenvalue weighted by molar-refractivity contribution is 7.92. The van der Waals surface area contributed by atoms with Crippen LogP contribution in [0.15, 0.2) is 35.5 Å². The Kier molecular flexibility index (Phi) is 5.25. The van der Waals surface area contributed by atoms with Gasteiger partial charge in [0.1, 0.15) is 17.7 Å². The maximum atomic E-state index is 15.2. The molecular formula is C25H24ClF2N3O4S. The van der Waals surface area contributed by atoms with Crippen molar-refractivity contribution in [1.29, 1.82) is 0 Å². The van der Waals surface area contributed by atoms with Crippen molar-refractivity contribution in [1.82, 2.24) is 9.88 Å². The van der Waals surface area contributed by atoms with Crippen LogP contribution in [0.5, 0.6) is 0 Å². The maximum Gasteiger partial charge on any atom is 0.256 e. The zero-order chi connectivity index (χ0) is 25.6. The smallest absolute Gasteiger partial charge is 0.256 e. The molecule has 2 heterocycles. The minimum atomic E-state index is -3.60. The number of likely N-dealkylation sites (tertiary alicyclic amines) is 1. The number of fused-ring (bicyclic) bond motifs is 1. The van der Waals surface area contributed by atoms with Crippen LogP contribution in [-0.2, 0) is 14.6 Å². The Morgan fingerprint density at radius 2 is 1.83 bits per heavy atom. The summed E-state index contributed by atoms with van der Waals surface area (Å²) in [5.74, 6) is -3.35. The first kappa shape index (κ1) is 23.8. The molecule has 190 valence electrons. The van der Waals surface area contributed by atoms with E-state index < -0.39 is 56.0 Å². The predicted molar refractivity (Wildman–Crippen MR) is 126 cm³/mol. The summed E-state index contributed by atoms with van der Waals surface area (Å²) in [6, 6.07) is 2.38. The molecule has 3 saturated carbocycles. The lowest BCUT2D eigenvalue weighted by Gasteiger charge is -2.38. The van der Waals surface area contributed by atoms with Gasteiger partial charge in [-0.3, -0.25) is 14.6 Å². The molecule has 1 saturated heterocycles. The second-order valence-corrected chi connectivity index (χ2v) is 13.1. The molecule has 4 atom stereocenters. The fraction of sp³-hybridized carbons (Fsp3) is 0.480. The third-order valence-corrected chi connectivity index (χ3v) is 10.7. The first-order valence-corrected chi connectivity index (χ1v) is 13.9. The highest BCUT2D eigenvalue weighted by Gasteiger charge is 2.73. The largest absolute Gasteiger partial charge is 0.368 e. The number of halogens is 3. The molecule has 3 aliphatic carbocycles. The molecule has 0 radical (unpaired) electrons. The van der Waals surface area contributed by atoms with Gasteiger partial charge in [-0.1, -0.05) is 11.6 Å². The van der Waals surface area contributed by atoms with Crippen LogP contribution in [0.1, 0.15) is 60.4 Å². The van der Waals surface area contributed by atoms with Crippen molar-refractivity contribution >= 4 is 33.3 Å². The Hall–Kier alpha value is -2.59. The molecule has 1 aromatic heterocycles. The van der Waals surface area contributed by atoms with Crippen LogP contribution in [-0.4, -0.2) is 46.9 Å². The second-order valence-electron chi connectivity index (χ2n) is 10.5. The van der Waals surface area contributed by atoms with Gasteiger partial charge in [0, 0.05) is 18.3 Å². The molecule has 0 bridgehead atoms. The van der Waals surface area contributed by atoms with Crippen molar-refractivity contribution in [3.63, 3.8) is 0 Å². The first-order chi connectivity index (χ1) is 17.1. The molecule has 4 aliphatic rings. The van der Waals surface area contributed by atoms with Crippen LogP contribution in [0, 0.1) is 23.5 Å². The number of carbonyl (C=O) groups is 2. The average molecular weight is 536 g/mol. The van der Waals surface area contributed by atoms with Gasteiger partial charge in [-0.25, -0.2) is 17.2 Å². The number of amides is 2. The summed E-state index contributed by atoms with van der Waals surface area (Å²) < 4.78 is 55.1. The highest BCUT2D eigenvalue weighted by atomic mass is 35.5. The van der Waals surface area contributed by atoms with E-state index in [2.05, 4.69) is 4.98 Å². The van der Waals surface area contributed by atoms with Crippen LogP contribution in [0.4, 0.5) is 8.78 Å². The number of benzene rings is 1. The molecule has 1 aliphatic heterocycles. The van der Waals surface area contributed by atoms with Gasteiger partial charge in [-0.05, 0) is 74.1 Å². The molecule has 1 aromatic carbocycles. The predicted octanol–water partition coefficient (Wildman–Crippen LogP) is 3.60. The molecule has 0 spiro atoms. The van der Waals surface area contributed by atoms with Crippen molar-refractivity contribution in [2.75, 3.05) is 0 Å². The zero-order valence-electron chi connectivity index (χ0n) is 19.2. The quantitative estimate of drug-likeness (QED) is 0.545. The number of piperidine rings is 1. The molecule has 2 N–H and O–H groups in total. The minimum Gasteiger partial charge on any atom is -0.368 e. The Labute approximate surface area is 211 Å². The number of pyridine rings is 1. The molecule has 11 heteroatoms. The van der Waals surface area contributed by atoms with E-state index in [1.807, 2.05) is 0 Å². The van der Waals surface area contributed by atoms with Gasteiger partial charge in [0.25, 0.3) is 5.91 Å². The third kappa shape index (κ3) is 3.55. The van der Waals surface area contributed by atoms with E-state index in [1.54, 1.807) is 0 Å². The zero-order valence-corrected chi connectivity index (χ0v) is 20.7. The van der Waals surface area contributed by atoms with E-state index in [1.165, 1.54) is 23.4 Å². The Morgan fingerprint density at radius 3 is 2.47 bits per heavy atom. The third-order valence-electron chi connectivity index (χ3n) is 8.19. The van der Waals surface area contributed by atoms with Gasteiger partial charge in [0.05, 0.1) is 26.3 Å². The van der Waals surface area contributed by atoms with E-state index in [0.29, 0.717) is 25.7 Å². The van der Waals surface area contributed by atoms with E-state index >= 15 is 4.39 Å². The Morgan fingerprint density at radius 1 is 1.11 bits per heavy atom. The van der Waals surface area contributed by atoms with Crippen LogP contribution >= 0.6 is 11.6 Å². The molecular weight excluding hydrogens is 512 g/mol. The fourth-order valence-corrected chi connectivity index (χ4v) is 8.02. The van der Waals surface area contributed by atoms with Crippen molar-refractivity contribution < 1.29 is 26.8 Å². The number of hydrogen-bond acceptors (Lipinski definition) is 5. The highest BCUT2D eigenvalue weighted by Crippen LogP contribution is 2.69. The summed E-state index contributed by atoms with van der Waals surface area (Å²) >= 11 is 5.80. The number of nitrogens with zero attached hydrogens (tertiary/aromatic N) is 2. The standard InChI is InChI=1S/C25H24ClF2N3O4S/c26-18-8-19(27)17(7-20(18)28)22(12-1-2-12)25-9-14(25)6-21(23(29)32)31(25)24(33)13-5-16(11-30-10-13)36(34,35)15-3-4-15/h5,7-8,10-12,14-15,21-22H,1-4,6,9H2,(H2,29,32)/t14?,21?,22-,25?/m1/s1. The van der Waals surface area contributed by atoms with Crippen molar-refractivity contribution in [2.45, 2.75) is 66.2 Å². The first-order valence-electron chi connectivity index (χ1n) is 12.0. The molecule has 2 amide bonds. The topological polar surface area (TPSA) is 110 Å². The van der Waals surface area contributed by atoms with Crippen molar-refractivity contribution in [3.05, 3.63) is 58.4 Å². The Bertz CT molecular complexity index is 1410. The van der Waals surface area contributed by atoms with Crippen LogP contribution in [0.25, 0.3) is 0 Å². The maximum absolute atomic E-state index is 15.2. The number of hydrogen-bond donors (Lipinski definition) is 1. The SMILES string of the molecule is NC(=O)C1CC2CC2([C@@H](c2cc(F)c(Cl)cc2F)C2CC2)N1C(=O)c1cncc(S(=O)(=O)C2CC2)c1. The summed E-state index contributed by atoms with van der Waals surface area (Å²) in [6.45, 7) is 0. The van der Waals surface area contributed by atoms with Gasteiger partial charge in [-0.2, -0.15) is 0 Å². The van der Waals surface area contributed by atoms with Crippen molar-refractivity contribution in [2.24, 2.45) is 17.6 Å². The van der Waals surface area contributed by atoms with Crippen LogP contribution in [0.2, 0.25) is 5.02 Å². The lowest BCUT2D eigenvalue weighted by molar-refractivity contribution is -0.122. The second kappa shape index (κ2) is 7.95. The number of nitrogens with two attached hydrogens (primary N) is 1. The van der Waals surface area contributed by atoms with E-state index in [-0.39, 0.29) is 32.9 Å². The number of sulfone groups is 1. The lowest BCUT2D eigenvalue weighted by atomic mass is 9.82. The van der Waals surface area contributed by atoms with E-state index in [9.17, 15) is 22.4 Å². The molecule has 3 unspecified atom stereocenters. The fourth-order valence-electron chi connectivity index (χ4n) is 6.23. The van der Waals surface area contributed by atoms with Gasteiger partial charge in [-0.15, -0.1) is 0 Å². The lowest BCUT2D eigenvalue weighted by Crippen LogP contribution is -2.53. The monoisotopic (exact) mass is 535 g/mol. The van der Waals surface area contributed by atoms with Crippen molar-refractivity contribution in [3.8, 4) is 0 Å². The summed E-state index contributed by atoms with van der Waals surface area (Å²) in [7, 11) is -3.60. The Balaban J connectivity index is 1.44. The van der Waals surface area contributed by atoms with Crippen LogP contribution < -0.4 is 5.73 Å². The summed E-state index contributed by atoms with van der Waals surface area (Å²) in [4.78, 5) is 31.8. The summed E-state index contributed by atoms with van der Waals surface area (Å²) in [5.41, 5.74) is 4.93. The number of rotatable bonds is 7. The van der Waals surface area contributed by atoms with Crippen LogP contribution in [0.3, 0.4) is 0 Å². The average Bonchev–Trinajstić information content (AvgIpc) is 3.71. The molecule has 7 nitrogen and oxygen atoms in total. The molecule has 6 rings (SSSR count). The number of carbonyl (C=O) groups excluding carboxylic acids is 2. The van der Waals surface area contributed by atoms with E-state index in [4.69, 9.17) is 17.3 Å². The summed E-state index contributed by atoms with van der Waals surface area (Å²) in [5, 5.41) is -0.805.